The van der Waals surface area contributed by atoms with E-state index in [1.807, 2.05) is 0 Å². The van der Waals surface area contributed by atoms with Crippen LogP contribution in [0.2, 0.25) is 0 Å². The summed E-state index contributed by atoms with van der Waals surface area (Å²) in [6.45, 7) is 2.77. The van der Waals surface area contributed by atoms with Crippen LogP contribution in [0.25, 0.3) is 0 Å². The summed E-state index contributed by atoms with van der Waals surface area (Å²) in [7, 11) is 0. The zero-order valence-corrected chi connectivity index (χ0v) is 10.9. The lowest BCUT2D eigenvalue weighted by Gasteiger charge is -2.26. The molecule has 0 amide bonds. The van der Waals surface area contributed by atoms with Gasteiger partial charge in [0.25, 0.3) is 0 Å². The zero-order valence-electron chi connectivity index (χ0n) is 10.1. The number of hydrogen-bond acceptors (Lipinski definition) is 2. The van der Waals surface area contributed by atoms with Gasteiger partial charge in [0.15, 0.2) is 0 Å². The summed E-state index contributed by atoms with van der Waals surface area (Å²) in [5, 5.41) is 9.60. The maximum Gasteiger partial charge on any atom is 0.0431 e. The first-order chi connectivity index (χ1) is 7.33. The maximum absolute atomic E-state index is 8.65. The molecule has 1 saturated carbocycles. The number of hydrogen-bond donors (Lipinski definition) is 1. The van der Waals surface area contributed by atoms with Gasteiger partial charge < -0.3 is 5.11 Å². The predicted octanol–water partition coefficient (Wildman–Crippen LogP) is 3.85. The normalized spacial score (nSPS) is 26.8. The number of aliphatic hydroxyl groups is 1. The van der Waals surface area contributed by atoms with E-state index in [0.29, 0.717) is 6.61 Å². The number of rotatable bonds is 7. The predicted molar refractivity (Wildman–Crippen MR) is 69.4 cm³/mol. The van der Waals surface area contributed by atoms with Gasteiger partial charge in [-0.15, -0.1) is 0 Å². The highest BCUT2D eigenvalue weighted by atomic mass is 32.2. The van der Waals surface area contributed by atoms with Crippen molar-refractivity contribution in [1.82, 2.24) is 0 Å². The molecule has 0 heterocycles. The molecule has 0 spiro atoms. The van der Waals surface area contributed by atoms with Crippen molar-refractivity contribution in [2.75, 3.05) is 12.4 Å². The monoisotopic (exact) mass is 230 g/mol. The lowest BCUT2D eigenvalue weighted by Crippen LogP contribution is -2.15. The van der Waals surface area contributed by atoms with Gasteiger partial charge in [-0.05, 0) is 37.4 Å². The summed E-state index contributed by atoms with van der Waals surface area (Å²) in [6, 6.07) is 0. The zero-order chi connectivity index (χ0) is 10.9. The van der Waals surface area contributed by atoms with Crippen LogP contribution in [0.5, 0.6) is 0 Å². The smallest absolute Gasteiger partial charge is 0.0431 e. The summed E-state index contributed by atoms with van der Waals surface area (Å²) in [5.74, 6) is 2.30. The molecule has 15 heavy (non-hydrogen) atoms. The minimum absolute atomic E-state index is 0.368. The van der Waals surface area contributed by atoms with Crippen LogP contribution in [0.1, 0.15) is 58.3 Å². The minimum atomic E-state index is 0.368. The van der Waals surface area contributed by atoms with E-state index in [2.05, 4.69) is 18.7 Å². The van der Waals surface area contributed by atoms with Gasteiger partial charge in [0.1, 0.15) is 0 Å². The second-order valence-electron chi connectivity index (χ2n) is 4.90. The number of thioether (sulfide) groups is 1. The molecule has 1 aliphatic rings. The topological polar surface area (TPSA) is 20.2 Å². The van der Waals surface area contributed by atoms with Crippen molar-refractivity contribution in [3.63, 3.8) is 0 Å². The molecule has 1 aliphatic carbocycles. The molecule has 0 bridgehead atoms. The average Bonchev–Trinajstić information content (AvgIpc) is 2.23. The molecule has 1 nitrogen and oxygen atoms in total. The van der Waals surface area contributed by atoms with Crippen LogP contribution in [-0.4, -0.2) is 22.7 Å². The first-order valence-corrected chi connectivity index (χ1v) is 7.60. The van der Waals surface area contributed by atoms with E-state index in [0.717, 1.165) is 17.6 Å². The van der Waals surface area contributed by atoms with E-state index in [9.17, 15) is 0 Å². The Labute approximate surface area is 99.0 Å². The van der Waals surface area contributed by atoms with E-state index in [4.69, 9.17) is 5.11 Å². The summed E-state index contributed by atoms with van der Waals surface area (Å²) in [5.41, 5.74) is 0. The molecule has 0 aromatic carbocycles. The van der Waals surface area contributed by atoms with Crippen molar-refractivity contribution in [2.24, 2.45) is 5.92 Å². The molecule has 0 saturated heterocycles. The van der Waals surface area contributed by atoms with Crippen molar-refractivity contribution in [3.8, 4) is 0 Å². The molecule has 1 rings (SSSR count). The lowest BCUT2D eigenvalue weighted by molar-refractivity contribution is 0.283. The van der Waals surface area contributed by atoms with E-state index < -0.39 is 0 Å². The quantitative estimate of drug-likeness (QED) is 0.670. The Morgan fingerprint density at radius 2 is 1.93 bits per heavy atom. The third-order valence-corrected chi connectivity index (χ3v) is 4.72. The van der Waals surface area contributed by atoms with Gasteiger partial charge >= 0.3 is 0 Å². The highest BCUT2D eigenvalue weighted by Gasteiger charge is 2.18. The molecule has 0 aromatic heterocycles. The largest absolute Gasteiger partial charge is 0.396 e. The van der Waals surface area contributed by atoms with Crippen LogP contribution in [0.4, 0.5) is 0 Å². The third-order valence-electron chi connectivity index (χ3n) is 3.29. The molecule has 2 unspecified atom stereocenters. The van der Waals surface area contributed by atoms with Gasteiger partial charge in [0.05, 0.1) is 0 Å². The van der Waals surface area contributed by atoms with Crippen molar-refractivity contribution in [3.05, 3.63) is 0 Å². The van der Waals surface area contributed by atoms with E-state index >= 15 is 0 Å². The third kappa shape index (κ3) is 6.47. The van der Waals surface area contributed by atoms with Crippen molar-refractivity contribution in [1.29, 1.82) is 0 Å². The molecule has 2 atom stereocenters. The Morgan fingerprint density at radius 3 is 2.67 bits per heavy atom. The van der Waals surface area contributed by atoms with Gasteiger partial charge in [0.2, 0.25) is 0 Å². The Balaban J connectivity index is 1.90. The van der Waals surface area contributed by atoms with E-state index in [1.54, 1.807) is 0 Å². The second kappa shape index (κ2) is 8.46. The van der Waals surface area contributed by atoms with Crippen molar-refractivity contribution >= 4 is 11.8 Å². The molecule has 1 N–H and O–H groups in total. The molecule has 2 heteroatoms. The summed E-state index contributed by atoms with van der Waals surface area (Å²) >= 11 is 2.20. The molecule has 1 fully saturated rings. The fraction of sp³-hybridized carbons (Fsp3) is 1.00. The summed E-state index contributed by atoms with van der Waals surface area (Å²) in [6.07, 6.45) is 10.6. The highest BCUT2D eigenvalue weighted by Crippen LogP contribution is 2.32. The van der Waals surface area contributed by atoms with Crippen LogP contribution in [0, 0.1) is 5.92 Å². The molecular formula is C13H26OS. The standard InChI is InChI=1S/C13H26OS/c1-12-7-6-8-13(11-12)15-10-5-3-2-4-9-14/h12-14H,2-11H2,1H3. The van der Waals surface area contributed by atoms with Gasteiger partial charge in [-0.1, -0.05) is 32.6 Å². The lowest BCUT2D eigenvalue weighted by atomic mass is 9.91. The molecule has 0 radical (unpaired) electrons. The van der Waals surface area contributed by atoms with Crippen LogP contribution >= 0.6 is 11.8 Å². The van der Waals surface area contributed by atoms with Gasteiger partial charge in [0, 0.05) is 11.9 Å². The Morgan fingerprint density at radius 1 is 1.13 bits per heavy atom. The average molecular weight is 230 g/mol. The Bertz CT molecular complexity index is 149. The minimum Gasteiger partial charge on any atom is -0.396 e. The molecule has 90 valence electrons. The summed E-state index contributed by atoms with van der Waals surface area (Å²) in [4.78, 5) is 0. The highest BCUT2D eigenvalue weighted by molar-refractivity contribution is 7.99. The van der Waals surface area contributed by atoms with Crippen LogP contribution in [-0.2, 0) is 0 Å². The van der Waals surface area contributed by atoms with Gasteiger partial charge in [-0.3, -0.25) is 0 Å². The SMILES string of the molecule is CC1CCCC(SCCCCCCO)C1. The molecular weight excluding hydrogens is 204 g/mol. The van der Waals surface area contributed by atoms with Crippen molar-refractivity contribution < 1.29 is 5.11 Å². The second-order valence-corrected chi connectivity index (χ2v) is 6.31. The first kappa shape index (κ1) is 13.4. The Hall–Kier alpha value is 0.310. The van der Waals surface area contributed by atoms with Crippen LogP contribution in [0.3, 0.4) is 0 Å². The van der Waals surface area contributed by atoms with Crippen LogP contribution in [0.15, 0.2) is 0 Å². The summed E-state index contributed by atoms with van der Waals surface area (Å²) < 4.78 is 0. The van der Waals surface area contributed by atoms with Crippen LogP contribution < -0.4 is 0 Å². The fourth-order valence-corrected chi connectivity index (χ4v) is 3.85. The Kier molecular flexibility index (Phi) is 7.54. The number of unbranched alkanes of at least 4 members (excludes halogenated alkanes) is 3. The maximum atomic E-state index is 8.65. The van der Waals surface area contributed by atoms with E-state index in [1.165, 1.54) is 50.7 Å². The van der Waals surface area contributed by atoms with E-state index in [-0.39, 0.29) is 0 Å². The molecule has 0 aliphatic heterocycles. The molecule has 0 aromatic rings. The number of aliphatic hydroxyl groups excluding tert-OH is 1. The van der Waals surface area contributed by atoms with Gasteiger partial charge in [-0.25, -0.2) is 0 Å². The fourth-order valence-electron chi connectivity index (χ4n) is 2.35. The van der Waals surface area contributed by atoms with Crippen molar-refractivity contribution in [2.45, 2.75) is 63.5 Å². The first-order valence-electron chi connectivity index (χ1n) is 6.55. The van der Waals surface area contributed by atoms with Gasteiger partial charge in [-0.2, -0.15) is 11.8 Å².